The van der Waals surface area contributed by atoms with E-state index < -0.39 is 0 Å². The topological polar surface area (TPSA) is 0 Å². The summed E-state index contributed by atoms with van der Waals surface area (Å²) in [6.07, 6.45) is 1.04. The zero-order valence-corrected chi connectivity index (χ0v) is 17.1. The molecule has 0 saturated carbocycles. The number of aryl methyl sites for hydroxylation is 1. The van der Waals surface area contributed by atoms with E-state index in [0.717, 1.165) is 6.42 Å². The predicted octanol–water partition coefficient (Wildman–Crippen LogP) is 8.59. The maximum Gasteiger partial charge on any atom is 0.0361 e. The molecular formula is C28H20S. The van der Waals surface area contributed by atoms with E-state index in [9.17, 15) is 0 Å². The highest BCUT2D eigenvalue weighted by molar-refractivity contribution is 7.25. The maximum atomic E-state index is 2.39. The molecule has 5 aromatic carbocycles. The number of thiophene rings is 1. The molecule has 0 N–H and O–H groups in total. The van der Waals surface area contributed by atoms with E-state index in [4.69, 9.17) is 0 Å². The van der Waals surface area contributed by atoms with Crippen molar-refractivity contribution in [2.75, 3.05) is 0 Å². The maximum absolute atomic E-state index is 2.39. The number of benzene rings is 5. The lowest BCUT2D eigenvalue weighted by Gasteiger charge is -2.16. The van der Waals surface area contributed by atoms with Crippen molar-refractivity contribution in [3.05, 3.63) is 96.6 Å². The van der Waals surface area contributed by atoms with Crippen LogP contribution in [0.25, 0.3) is 52.8 Å². The van der Waals surface area contributed by atoms with Crippen molar-refractivity contribution in [1.29, 1.82) is 0 Å². The quantitative estimate of drug-likeness (QED) is 0.260. The molecule has 0 nitrogen and oxygen atoms in total. The summed E-state index contributed by atoms with van der Waals surface area (Å²) < 4.78 is 2.71. The zero-order chi connectivity index (χ0) is 19.4. The van der Waals surface area contributed by atoms with Gasteiger partial charge in [0.1, 0.15) is 0 Å². The molecular weight excluding hydrogens is 368 g/mol. The van der Waals surface area contributed by atoms with Gasteiger partial charge in [0.05, 0.1) is 0 Å². The lowest BCUT2D eigenvalue weighted by molar-refractivity contribution is 1.18. The van der Waals surface area contributed by atoms with Crippen LogP contribution in [-0.2, 0) is 6.42 Å². The van der Waals surface area contributed by atoms with Crippen molar-refractivity contribution in [1.82, 2.24) is 0 Å². The fraction of sp³-hybridized carbons (Fsp3) is 0.0714. The van der Waals surface area contributed by atoms with Crippen molar-refractivity contribution in [2.45, 2.75) is 13.3 Å². The molecule has 29 heavy (non-hydrogen) atoms. The third-order valence-electron chi connectivity index (χ3n) is 6.06. The summed E-state index contributed by atoms with van der Waals surface area (Å²) in [6, 6.07) is 33.5. The minimum Gasteiger partial charge on any atom is -0.135 e. The van der Waals surface area contributed by atoms with Crippen molar-refractivity contribution < 1.29 is 0 Å². The fourth-order valence-electron chi connectivity index (χ4n) is 4.79. The van der Waals surface area contributed by atoms with Crippen molar-refractivity contribution in [3.63, 3.8) is 0 Å². The normalized spacial score (nSPS) is 11.8. The van der Waals surface area contributed by atoms with Gasteiger partial charge in [-0.1, -0.05) is 85.8 Å². The first-order valence-corrected chi connectivity index (χ1v) is 11.0. The van der Waals surface area contributed by atoms with Gasteiger partial charge in [0.2, 0.25) is 0 Å². The molecule has 0 fully saturated rings. The molecule has 0 bridgehead atoms. The van der Waals surface area contributed by atoms with E-state index in [2.05, 4.69) is 97.9 Å². The van der Waals surface area contributed by atoms with E-state index in [1.54, 1.807) is 0 Å². The van der Waals surface area contributed by atoms with Crippen LogP contribution in [0.1, 0.15) is 12.5 Å². The lowest BCUT2D eigenvalue weighted by Crippen LogP contribution is -1.92. The zero-order valence-electron chi connectivity index (χ0n) is 16.3. The summed E-state index contributed by atoms with van der Waals surface area (Å²) >= 11 is 1.89. The van der Waals surface area contributed by atoms with Crippen LogP contribution in [0, 0.1) is 0 Å². The van der Waals surface area contributed by atoms with Crippen molar-refractivity contribution in [2.24, 2.45) is 0 Å². The molecule has 0 saturated heterocycles. The largest absolute Gasteiger partial charge is 0.135 e. The monoisotopic (exact) mass is 388 g/mol. The molecule has 138 valence electrons. The Balaban J connectivity index is 1.75. The minimum atomic E-state index is 1.04. The van der Waals surface area contributed by atoms with Crippen molar-refractivity contribution in [3.8, 4) is 11.1 Å². The van der Waals surface area contributed by atoms with Crippen LogP contribution in [0.4, 0.5) is 0 Å². The SMILES string of the molecule is CCc1c2ccccc2c(-c2ccc3c(c2)sc2ccccc23)c2ccccc12. The molecule has 6 aromatic rings. The second kappa shape index (κ2) is 6.43. The number of hydrogen-bond donors (Lipinski definition) is 0. The Labute approximate surface area is 174 Å². The molecule has 0 aliphatic heterocycles. The van der Waals surface area contributed by atoms with Gasteiger partial charge in [0, 0.05) is 20.2 Å². The van der Waals surface area contributed by atoms with Gasteiger partial charge in [-0.25, -0.2) is 0 Å². The highest BCUT2D eigenvalue weighted by Gasteiger charge is 2.15. The van der Waals surface area contributed by atoms with Crippen molar-refractivity contribution >= 4 is 53.1 Å². The molecule has 0 atom stereocenters. The third-order valence-corrected chi connectivity index (χ3v) is 7.20. The third kappa shape index (κ3) is 2.44. The van der Waals surface area contributed by atoms with E-state index >= 15 is 0 Å². The van der Waals surface area contributed by atoms with Gasteiger partial charge in [-0.2, -0.15) is 0 Å². The highest BCUT2D eigenvalue weighted by Crippen LogP contribution is 2.42. The van der Waals surface area contributed by atoms with Gasteiger partial charge >= 0.3 is 0 Å². The van der Waals surface area contributed by atoms with E-state index in [1.807, 2.05) is 11.3 Å². The first-order valence-electron chi connectivity index (χ1n) is 10.2. The molecule has 1 heteroatoms. The first kappa shape index (κ1) is 16.8. The van der Waals surface area contributed by atoms with Gasteiger partial charge in [0.15, 0.2) is 0 Å². The number of fused-ring (bicyclic) bond motifs is 5. The molecule has 0 aliphatic carbocycles. The fourth-order valence-corrected chi connectivity index (χ4v) is 5.94. The van der Waals surface area contributed by atoms with Crippen LogP contribution >= 0.6 is 11.3 Å². The van der Waals surface area contributed by atoms with E-state index in [0.29, 0.717) is 0 Å². The van der Waals surface area contributed by atoms with Crippen LogP contribution < -0.4 is 0 Å². The highest BCUT2D eigenvalue weighted by atomic mass is 32.1. The van der Waals surface area contributed by atoms with Crippen LogP contribution in [-0.4, -0.2) is 0 Å². The summed E-state index contributed by atoms with van der Waals surface area (Å²) in [5.74, 6) is 0. The average Bonchev–Trinajstić information content (AvgIpc) is 3.15. The molecule has 1 heterocycles. The molecule has 0 aliphatic rings. The van der Waals surface area contributed by atoms with Gasteiger partial charge in [0.25, 0.3) is 0 Å². The Morgan fingerprint density at radius 2 is 1.10 bits per heavy atom. The van der Waals surface area contributed by atoms with Crippen LogP contribution in [0.5, 0.6) is 0 Å². The Morgan fingerprint density at radius 1 is 0.552 bits per heavy atom. The number of rotatable bonds is 2. The van der Waals surface area contributed by atoms with Gasteiger partial charge in [-0.15, -0.1) is 11.3 Å². The Kier molecular flexibility index (Phi) is 3.72. The summed E-state index contributed by atoms with van der Waals surface area (Å²) in [4.78, 5) is 0. The Bertz CT molecular complexity index is 1480. The minimum absolute atomic E-state index is 1.04. The molecule has 0 spiro atoms. The Morgan fingerprint density at radius 3 is 1.76 bits per heavy atom. The predicted molar refractivity (Wildman–Crippen MR) is 129 cm³/mol. The standard InChI is InChI=1S/C28H20S/c1-2-19-20-9-3-5-12-24(20)28(25-13-6-4-10-21(19)25)18-15-16-23-22-11-7-8-14-26(22)29-27(23)17-18/h3-17H,2H2,1H3. The van der Waals surface area contributed by atoms with Crippen LogP contribution in [0.15, 0.2) is 91.0 Å². The van der Waals surface area contributed by atoms with Gasteiger partial charge < -0.3 is 0 Å². The molecule has 0 unspecified atom stereocenters. The smallest absolute Gasteiger partial charge is 0.0361 e. The second-order valence-electron chi connectivity index (χ2n) is 7.61. The first-order chi connectivity index (χ1) is 14.3. The summed E-state index contributed by atoms with van der Waals surface area (Å²) in [5, 5.41) is 8.16. The molecule has 0 radical (unpaired) electrons. The second-order valence-corrected chi connectivity index (χ2v) is 8.69. The van der Waals surface area contributed by atoms with Gasteiger partial charge in [-0.3, -0.25) is 0 Å². The summed E-state index contributed by atoms with van der Waals surface area (Å²) in [7, 11) is 0. The van der Waals surface area contributed by atoms with Crippen LogP contribution in [0.2, 0.25) is 0 Å². The molecule has 6 rings (SSSR count). The van der Waals surface area contributed by atoms with E-state index in [-0.39, 0.29) is 0 Å². The summed E-state index contributed by atoms with van der Waals surface area (Å²) in [5.41, 5.74) is 4.11. The van der Waals surface area contributed by atoms with Gasteiger partial charge in [-0.05, 0) is 56.8 Å². The summed E-state index contributed by atoms with van der Waals surface area (Å²) in [6.45, 7) is 2.26. The average molecular weight is 389 g/mol. The molecule has 1 aromatic heterocycles. The lowest BCUT2D eigenvalue weighted by atomic mass is 9.87. The van der Waals surface area contributed by atoms with E-state index in [1.165, 1.54) is 58.4 Å². The Hall–Kier alpha value is -3.16. The molecule has 0 amide bonds. The van der Waals surface area contributed by atoms with Crippen LogP contribution in [0.3, 0.4) is 0 Å². The number of hydrogen-bond acceptors (Lipinski definition) is 1.